The van der Waals surface area contributed by atoms with Crippen molar-refractivity contribution in [3.8, 4) is 34.1 Å². The van der Waals surface area contributed by atoms with Gasteiger partial charge in [-0.15, -0.1) is 10.2 Å². The lowest BCUT2D eigenvalue weighted by Gasteiger charge is -2.33. The van der Waals surface area contributed by atoms with Crippen LogP contribution in [0, 0.1) is 0 Å². The van der Waals surface area contributed by atoms with Crippen LogP contribution >= 0.6 is 0 Å². The van der Waals surface area contributed by atoms with Crippen LogP contribution in [0.5, 0.6) is 11.5 Å². The molecule has 18 heteroatoms. The van der Waals surface area contributed by atoms with E-state index in [0.717, 1.165) is 61.8 Å². The second-order valence-corrected chi connectivity index (χ2v) is 16.6. The van der Waals surface area contributed by atoms with E-state index < -0.39 is 0 Å². The van der Waals surface area contributed by atoms with Crippen molar-refractivity contribution in [2.45, 2.75) is 26.2 Å². The van der Waals surface area contributed by atoms with Crippen molar-refractivity contribution in [2.24, 2.45) is 0 Å². The fourth-order valence-electron chi connectivity index (χ4n) is 7.94. The highest BCUT2D eigenvalue weighted by atomic mass is 16.5. The summed E-state index contributed by atoms with van der Waals surface area (Å²) >= 11 is 0. The fourth-order valence-corrected chi connectivity index (χ4v) is 7.94. The number of ether oxygens (including phenoxy) is 6. The molecule has 1 saturated heterocycles. The minimum absolute atomic E-state index is 0.0982. The Morgan fingerprint density at radius 3 is 1.29 bits per heavy atom. The van der Waals surface area contributed by atoms with Crippen LogP contribution in [-0.2, 0) is 45.1 Å². The number of piperazine rings is 1. The maximum atomic E-state index is 12.6. The number of hydrogen-bond acceptors (Lipinski definition) is 16. The summed E-state index contributed by atoms with van der Waals surface area (Å²) in [6.45, 7) is 10.6. The molecule has 4 aromatic carbocycles. The molecule has 18 nitrogen and oxygen atoms in total. The average molecular weight is 953 g/mol. The summed E-state index contributed by atoms with van der Waals surface area (Å²) in [6.07, 6.45) is 3.96. The Kier molecular flexibility index (Phi) is 16.8. The normalized spacial score (nSPS) is 13.4. The van der Waals surface area contributed by atoms with Crippen molar-refractivity contribution in [3.05, 3.63) is 153 Å². The zero-order chi connectivity index (χ0) is 47.7. The maximum Gasteiger partial charge on any atom is 0.193 e. The molecule has 0 aliphatic carbocycles. The summed E-state index contributed by atoms with van der Waals surface area (Å²) < 4.78 is 50.3. The number of nitrogens with zero attached hydrogens (tertiary/aromatic N) is 8. The van der Waals surface area contributed by atoms with Gasteiger partial charge in [0.2, 0.25) is 0 Å². The van der Waals surface area contributed by atoms with Crippen LogP contribution in [-0.4, -0.2) is 132 Å². The second kappa shape index (κ2) is 24.5. The Morgan fingerprint density at radius 2 is 0.857 bits per heavy atom. The SMILES string of the molecule is O=c1cc(-c2ccccc2)oc2cc(OCCOCCOCCn3cc(CN4CCN(Cc5cn(CCOCCOCCOc6ccc7c(=O)cc(-c8ccccc8)oc7c6)nn5)CC4)nn3)ccc12. The molecule has 4 aromatic heterocycles. The standard InChI is InChI=1S/C52H56N8O10/c61-47-33-49(39-7-3-1-4-8-39)69-51-31-43(11-13-45(47)51)67-29-27-65-25-23-63-21-19-59-37-41(53-55-59)35-57-15-17-58(18-16-57)36-42-38-60(56-54-42)20-22-64-24-26-66-28-30-68-44-12-14-46-48(62)34-50(70-52(46)32-44)40-9-5-2-6-10-40/h1-14,31-34,37-38H,15-30,35-36H2. The van der Waals surface area contributed by atoms with Crippen LogP contribution < -0.4 is 20.3 Å². The highest BCUT2D eigenvalue weighted by Crippen LogP contribution is 2.26. The van der Waals surface area contributed by atoms with E-state index in [-0.39, 0.29) is 10.9 Å². The van der Waals surface area contributed by atoms with Gasteiger partial charge < -0.3 is 37.3 Å². The Hall–Kier alpha value is -7.06. The minimum atomic E-state index is -0.0982. The average Bonchev–Trinajstić information content (AvgIpc) is 4.04. The van der Waals surface area contributed by atoms with Crippen molar-refractivity contribution in [3.63, 3.8) is 0 Å². The molecule has 0 amide bonds. The van der Waals surface area contributed by atoms with Crippen LogP contribution in [0.4, 0.5) is 0 Å². The van der Waals surface area contributed by atoms with Gasteiger partial charge in [-0.1, -0.05) is 71.1 Å². The highest BCUT2D eigenvalue weighted by Gasteiger charge is 2.19. The molecule has 5 heterocycles. The van der Waals surface area contributed by atoms with E-state index in [2.05, 4.69) is 30.4 Å². The van der Waals surface area contributed by atoms with Gasteiger partial charge in [0.05, 0.1) is 88.1 Å². The van der Waals surface area contributed by atoms with Crippen molar-refractivity contribution >= 4 is 21.9 Å². The van der Waals surface area contributed by atoms with Gasteiger partial charge in [0, 0.05) is 87.1 Å². The fraction of sp³-hybridized carbons (Fsp3) is 0.346. The first kappa shape index (κ1) is 48.0. The summed E-state index contributed by atoms with van der Waals surface area (Å²) in [5, 5.41) is 18.4. The predicted octanol–water partition coefficient (Wildman–Crippen LogP) is 5.96. The van der Waals surface area contributed by atoms with E-state index >= 15 is 0 Å². The zero-order valence-corrected chi connectivity index (χ0v) is 38.9. The first-order valence-electron chi connectivity index (χ1n) is 23.5. The number of rotatable bonds is 26. The molecule has 0 N–H and O–H groups in total. The lowest BCUT2D eigenvalue weighted by Crippen LogP contribution is -2.45. The topological polar surface area (TPSA) is 184 Å². The molecule has 0 spiro atoms. The van der Waals surface area contributed by atoms with E-state index in [9.17, 15) is 9.59 Å². The summed E-state index contributed by atoms with van der Waals surface area (Å²) in [4.78, 5) is 30.1. The van der Waals surface area contributed by atoms with Crippen LogP contribution in [0.1, 0.15) is 11.4 Å². The molecule has 364 valence electrons. The van der Waals surface area contributed by atoms with Gasteiger partial charge in [0.25, 0.3) is 0 Å². The summed E-state index contributed by atoms with van der Waals surface area (Å²) in [7, 11) is 0. The molecule has 0 atom stereocenters. The van der Waals surface area contributed by atoms with Crippen LogP contribution in [0.2, 0.25) is 0 Å². The number of benzene rings is 4. The van der Waals surface area contributed by atoms with Gasteiger partial charge in [-0.05, 0) is 24.3 Å². The van der Waals surface area contributed by atoms with Gasteiger partial charge in [-0.25, -0.2) is 9.36 Å². The number of fused-ring (bicyclic) bond motifs is 2. The molecule has 0 unspecified atom stereocenters. The quantitative estimate of drug-likeness (QED) is 0.0579. The van der Waals surface area contributed by atoms with Crippen LogP contribution in [0.15, 0.2) is 140 Å². The number of hydrogen-bond donors (Lipinski definition) is 0. The third-order valence-corrected chi connectivity index (χ3v) is 11.6. The first-order chi connectivity index (χ1) is 34.5. The zero-order valence-electron chi connectivity index (χ0n) is 38.9. The third-order valence-electron chi connectivity index (χ3n) is 11.6. The molecule has 0 saturated carbocycles. The maximum absolute atomic E-state index is 12.6. The molecule has 1 aliphatic rings. The number of aromatic nitrogens is 6. The molecule has 8 aromatic rings. The highest BCUT2D eigenvalue weighted by molar-refractivity contribution is 5.81. The summed E-state index contributed by atoms with van der Waals surface area (Å²) in [5.41, 5.74) is 4.30. The van der Waals surface area contributed by atoms with Crippen LogP contribution in [0.25, 0.3) is 44.6 Å². The van der Waals surface area contributed by atoms with Crippen molar-refractivity contribution in [1.29, 1.82) is 0 Å². The molecular formula is C52H56N8O10. The third kappa shape index (κ3) is 13.6. The Bertz CT molecular complexity index is 2800. The summed E-state index contributed by atoms with van der Waals surface area (Å²) in [6, 6.07) is 32.5. The molecule has 70 heavy (non-hydrogen) atoms. The molecule has 0 bridgehead atoms. The largest absolute Gasteiger partial charge is 0.491 e. The second-order valence-electron chi connectivity index (χ2n) is 16.6. The Morgan fingerprint density at radius 1 is 0.457 bits per heavy atom. The monoisotopic (exact) mass is 952 g/mol. The Balaban J connectivity index is 0.577. The molecule has 9 rings (SSSR count). The Labute approximate surface area is 403 Å². The van der Waals surface area contributed by atoms with Gasteiger partial charge >= 0.3 is 0 Å². The minimum Gasteiger partial charge on any atom is -0.491 e. The van der Waals surface area contributed by atoms with Gasteiger partial charge in [-0.2, -0.15) is 0 Å². The predicted molar refractivity (Wildman–Crippen MR) is 261 cm³/mol. The van der Waals surface area contributed by atoms with E-state index in [0.29, 0.717) is 124 Å². The van der Waals surface area contributed by atoms with E-state index in [4.69, 9.17) is 37.3 Å². The van der Waals surface area contributed by atoms with E-state index in [1.165, 1.54) is 12.1 Å². The van der Waals surface area contributed by atoms with Crippen molar-refractivity contribution in [1.82, 2.24) is 39.8 Å². The molecule has 0 radical (unpaired) electrons. The van der Waals surface area contributed by atoms with Gasteiger partial charge in [-0.3, -0.25) is 19.4 Å². The summed E-state index contributed by atoms with van der Waals surface area (Å²) in [5.74, 6) is 2.24. The van der Waals surface area contributed by atoms with Crippen LogP contribution in [0.3, 0.4) is 0 Å². The molecule has 1 aliphatic heterocycles. The molecule has 1 fully saturated rings. The lowest BCUT2D eigenvalue weighted by molar-refractivity contribution is 0.0333. The van der Waals surface area contributed by atoms with Gasteiger partial charge in [0.1, 0.15) is 47.4 Å². The van der Waals surface area contributed by atoms with Gasteiger partial charge in [0.15, 0.2) is 10.9 Å². The molecular weight excluding hydrogens is 897 g/mol. The lowest BCUT2D eigenvalue weighted by atomic mass is 10.1. The van der Waals surface area contributed by atoms with Crippen molar-refractivity contribution < 1.29 is 37.3 Å². The van der Waals surface area contributed by atoms with E-state index in [1.54, 1.807) is 36.4 Å². The smallest absolute Gasteiger partial charge is 0.193 e. The first-order valence-corrected chi connectivity index (χ1v) is 23.5. The van der Waals surface area contributed by atoms with E-state index in [1.807, 2.05) is 82.4 Å². The van der Waals surface area contributed by atoms with Crippen molar-refractivity contribution in [2.75, 3.05) is 92.2 Å².